The van der Waals surface area contributed by atoms with Gasteiger partial charge in [0.25, 0.3) is 0 Å². The molecule has 8 heteroatoms. The first kappa shape index (κ1) is 19.0. The van der Waals surface area contributed by atoms with E-state index in [2.05, 4.69) is 15.1 Å². The Morgan fingerprint density at radius 3 is 2.52 bits per heavy atom. The molecular weight excluding hydrogens is 364 g/mol. The molecule has 0 bridgehead atoms. The van der Waals surface area contributed by atoms with Gasteiger partial charge in [0.15, 0.2) is 11.0 Å². The number of hydrogen-bond donors (Lipinski definition) is 0. The summed E-state index contributed by atoms with van der Waals surface area (Å²) in [5.74, 6) is 0.478. The summed E-state index contributed by atoms with van der Waals surface area (Å²) < 4.78 is 10.7. The summed E-state index contributed by atoms with van der Waals surface area (Å²) in [5, 5.41) is 6.36. The van der Waals surface area contributed by atoms with E-state index >= 15 is 0 Å². The predicted molar refractivity (Wildman–Crippen MR) is 103 cm³/mol. The van der Waals surface area contributed by atoms with Gasteiger partial charge in [0.2, 0.25) is 5.91 Å². The zero-order valence-corrected chi connectivity index (χ0v) is 16.8. The van der Waals surface area contributed by atoms with Gasteiger partial charge in [0, 0.05) is 17.7 Å². The smallest absolute Gasteiger partial charge is 0.417 e. The minimum Gasteiger partial charge on any atom is -0.442 e. The van der Waals surface area contributed by atoms with E-state index in [-0.39, 0.29) is 24.0 Å². The lowest BCUT2D eigenvalue weighted by Gasteiger charge is -2.18. The summed E-state index contributed by atoms with van der Waals surface area (Å²) in [5.41, 5.74) is 2.38. The molecule has 0 radical (unpaired) electrons. The molecule has 27 heavy (non-hydrogen) atoms. The molecule has 0 aliphatic carbocycles. The van der Waals surface area contributed by atoms with Gasteiger partial charge >= 0.3 is 6.08 Å². The first-order valence-corrected chi connectivity index (χ1v) is 9.41. The maximum atomic E-state index is 12.1. The van der Waals surface area contributed by atoms with Crippen molar-refractivity contribution < 1.29 is 14.1 Å². The van der Waals surface area contributed by atoms with Crippen molar-refractivity contribution in [2.24, 2.45) is 0 Å². The number of ether oxygens (including phenoxy) is 1. The Morgan fingerprint density at radius 1 is 1.22 bits per heavy atom. The lowest BCUT2D eigenvalue weighted by atomic mass is 9.96. The van der Waals surface area contributed by atoms with Gasteiger partial charge in [-0.2, -0.15) is 4.98 Å². The molecule has 0 saturated heterocycles. The molecule has 142 valence electrons. The zero-order valence-electron chi connectivity index (χ0n) is 16.0. The highest BCUT2D eigenvalue weighted by atomic mass is 32.1. The number of aryl methyl sites for hydroxylation is 1. The van der Waals surface area contributed by atoms with E-state index in [1.807, 2.05) is 57.3 Å². The Balaban J connectivity index is 1.72. The number of hydrogen-bond acceptors (Lipinski definition) is 7. The molecule has 0 atom stereocenters. The number of carbonyl (C=O) groups excluding carboxylic acids is 1. The number of rotatable bonds is 5. The molecule has 0 unspecified atom stereocenters. The van der Waals surface area contributed by atoms with Gasteiger partial charge in [-0.05, 0) is 19.1 Å². The highest BCUT2D eigenvalue weighted by Gasteiger charge is 2.22. The van der Waals surface area contributed by atoms with Gasteiger partial charge in [0.05, 0.1) is 11.4 Å². The Morgan fingerprint density at radius 2 is 1.93 bits per heavy atom. The van der Waals surface area contributed by atoms with Crippen LogP contribution in [0.3, 0.4) is 0 Å². The van der Waals surface area contributed by atoms with Crippen LogP contribution in [0.1, 0.15) is 44.8 Å². The van der Waals surface area contributed by atoms with Crippen LogP contribution in [0.25, 0.3) is 0 Å². The van der Waals surface area contributed by atoms with Crippen LogP contribution in [0.4, 0.5) is 10.8 Å². The van der Waals surface area contributed by atoms with Crippen LogP contribution in [-0.4, -0.2) is 21.0 Å². The quantitative estimate of drug-likeness (QED) is 0.647. The van der Waals surface area contributed by atoms with Crippen molar-refractivity contribution in [3.8, 4) is 6.08 Å². The first-order valence-electron chi connectivity index (χ1n) is 8.53. The van der Waals surface area contributed by atoms with Gasteiger partial charge in [-0.25, -0.2) is 4.98 Å². The van der Waals surface area contributed by atoms with Crippen molar-refractivity contribution in [1.29, 1.82) is 0 Å². The highest BCUT2D eigenvalue weighted by Crippen LogP contribution is 2.29. The van der Waals surface area contributed by atoms with Gasteiger partial charge < -0.3 is 4.74 Å². The summed E-state index contributed by atoms with van der Waals surface area (Å²) in [6.45, 7) is 9.69. The van der Waals surface area contributed by atoms with Crippen LogP contribution in [-0.2, 0) is 16.8 Å². The van der Waals surface area contributed by atoms with Crippen molar-refractivity contribution in [2.45, 2.75) is 46.6 Å². The predicted octanol–water partition coefficient (Wildman–Crippen LogP) is 4.40. The molecule has 0 saturated carbocycles. The summed E-state index contributed by atoms with van der Waals surface area (Å²) in [6, 6.07) is 7.73. The normalized spacial score (nSPS) is 11.4. The minimum absolute atomic E-state index is 0.104. The molecule has 1 aromatic carbocycles. The van der Waals surface area contributed by atoms with E-state index < -0.39 is 0 Å². The van der Waals surface area contributed by atoms with E-state index in [1.54, 1.807) is 4.90 Å². The molecule has 3 aromatic rings. The lowest BCUT2D eigenvalue weighted by molar-refractivity contribution is -0.115. The third kappa shape index (κ3) is 4.51. The van der Waals surface area contributed by atoms with Crippen molar-refractivity contribution in [3.63, 3.8) is 0 Å². The van der Waals surface area contributed by atoms with Gasteiger partial charge in [0.1, 0.15) is 6.61 Å². The van der Waals surface area contributed by atoms with Crippen LogP contribution in [0, 0.1) is 6.92 Å². The molecule has 1 amide bonds. The van der Waals surface area contributed by atoms with Crippen LogP contribution >= 0.6 is 11.3 Å². The van der Waals surface area contributed by atoms with Crippen LogP contribution < -0.4 is 9.64 Å². The summed E-state index contributed by atoms with van der Waals surface area (Å²) in [7, 11) is 0. The third-order valence-corrected chi connectivity index (χ3v) is 4.63. The number of amides is 1. The minimum atomic E-state index is -0.213. The topological polar surface area (TPSA) is 81.4 Å². The Kier molecular flexibility index (Phi) is 5.27. The van der Waals surface area contributed by atoms with Crippen molar-refractivity contribution in [1.82, 2.24) is 15.1 Å². The second-order valence-corrected chi connectivity index (χ2v) is 8.07. The third-order valence-electron chi connectivity index (χ3n) is 3.76. The first-order chi connectivity index (χ1) is 12.7. The van der Waals surface area contributed by atoms with E-state index in [4.69, 9.17) is 9.26 Å². The Labute approximate surface area is 162 Å². The number of aromatic nitrogens is 3. The second-order valence-electron chi connectivity index (χ2n) is 7.23. The van der Waals surface area contributed by atoms with Gasteiger partial charge in [-0.1, -0.05) is 43.6 Å². The van der Waals surface area contributed by atoms with Crippen LogP contribution in [0.5, 0.6) is 6.08 Å². The fourth-order valence-corrected chi connectivity index (χ4v) is 3.17. The van der Waals surface area contributed by atoms with Crippen molar-refractivity contribution >= 4 is 28.1 Å². The molecule has 0 fully saturated rings. The van der Waals surface area contributed by atoms with Gasteiger partial charge in [-0.15, -0.1) is 11.3 Å². The molecular formula is C19H22N4O3S. The highest BCUT2D eigenvalue weighted by molar-refractivity contribution is 7.14. The molecule has 2 heterocycles. The lowest BCUT2D eigenvalue weighted by Crippen LogP contribution is -2.22. The number of carbonyl (C=O) groups is 1. The second kappa shape index (κ2) is 7.48. The average Bonchev–Trinajstić information content (AvgIpc) is 3.24. The van der Waals surface area contributed by atoms with E-state index in [0.717, 1.165) is 11.3 Å². The Bertz CT molecular complexity index is 925. The summed E-state index contributed by atoms with van der Waals surface area (Å²) >= 11 is 1.38. The monoisotopic (exact) mass is 386 g/mol. The van der Waals surface area contributed by atoms with Gasteiger partial charge in [-0.3, -0.25) is 14.2 Å². The number of thiazole rings is 1. The van der Waals surface area contributed by atoms with Crippen molar-refractivity contribution in [3.05, 3.63) is 46.7 Å². The molecule has 0 aliphatic heterocycles. The zero-order chi connectivity index (χ0) is 19.6. The summed E-state index contributed by atoms with van der Waals surface area (Å²) in [4.78, 5) is 22.5. The number of nitrogens with zero attached hydrogens (tertiary/aromatic N) is 4. The average molecular weight is 386 g/mol. The largest absolute Gasteiger partial charge is 0.442 e. The van der Waals surface area contributed by atoms with Crippen molar-refractivity contribution in [2.75, 3.05) is 4.90 Å². The Hall–Kier alpha value is -2.74. The van der Waals surface area contributed by atoms with E-state index in [0.29, 0.717) is 16.6 Å². The maximum Gasteiger partial charge on any atom is 0.417 e. The SMILES string of the molecule is CC(=O)N(c1ccc(C)cc1)c1nc(COc2nc(C(C)(C)C)no2)cs1. The maximum absolute atomic E-state index is 12.1. The molecule has 0 aliphatic rings. The molecule has 7 nitrogen and oxygen atoms in total. The number of anilines is 2. The molecule has 0 spiro atoms. The number of benzene rings is 1. The fourth-order valence-electron chi connectivity index (χ4n) is 2.29. The van der Waals surface area contributed by atoms with Crippen LogP contribution in [0.15, 0.2) is 34.2 Å². The molecule has 0 N–H and O–H groups in total. The molecule has 3 rings (SSSR count). The molecule has 2 aromatic heterocycles. The van der Waals surface area contributed by atoms with Crippen LogP contribution in [0.2, 0.25) is 0 Å². The summed E-state index contributed by atoms with van der Waals surface area (Å²) in [6.07, 6.45) is 0.108. The van der Waals surface area contributed by atoms with E-state index in [1.165, 1.54) is 18.3 Å². The standard InChI is InChI=1S/C19H22N4O3S/c1-12-6-8-15(9-7-12)23(13(2)24)17-20-14(11-27-17)10-25-18-21-16(22-26-18)19(3,4)5/h6-9,11H,10H2,1-5H3. The fraction of sp³-hybridized carbons (Fsp3) is 0.368. The van der Waals surface area contributed by atoms with E-state index in [9.17, 15) is 4.79 Å².